The summed E-state index contributed by atoms with van der Waals surface area (Å²) in [5, 5.41) is 2.65. The Morgan fingerprint density at radius 2 is 2.00 bits per heavy atom. The highest BCUT2D eigenvalue weighted by atomic mass is 79.9. The van der Waals surface area contributed by atoms with Crippen molar-refractivity contribution in [3.05, 3.63) is 57.8 Å². The molecule has 0 aliphatic carbocycles. The largest absolute Gasteiger partial charge is 0.494 e. The maximum Gasteiger partial charge on any atom is 0.255 e. The number of hydrogen-bond acceptors (Lipinski definition) is 2. The maximum absolute atomic E-state index is 13.5. The average molecular weight is 338 g/mol. The summed E-state index contributed by atoms with van der Waals surface area (Å²) in [5.41, 5.74) is 1.86. The van der Waals surface area contributed by atoms with Gasteiger partial charge in [-0.05, 0) is 42.8 Å². The molecule has 0 bridgehead atoms. The van der Waals surface area contributed by atoms with E-state index in [-0.39, 0.29) is 11.7 Å². The molecule has 0 spiro atoms. The first-order valence-electron chi connectivity index (χ1n) is 5.92. The predicted octanol–water partition coefficient (Wildman–Crippen LogP) is 4.16. The zero-order valence-corrected chi connectivity index (χ0v) is 12.6. The zero-order valence-electron chi connectivity index (χ0n) is 11.0. The molecular weight excluding hydrogens is 325 g/mol. The van der Waals surface area contributed by atoms with Gasteiger partial charge in [-0.15, -0.1) is 0 Å². The fourth-order valence-electron chi connectivity index (χ4n) is 1.73. The van der Waals surface area contributed by atoms with Crippen LogP contribution in [0.5, 0.6) is 5.75 Å². The van der Waals surface area contributed by atoms with Crippen molar-refractivity contribution in [1.82, 2.24) is 0 Å². The van der Waals surface area contributed by atoms with Crippen LogP contribution in [0.15, 0.2) is 40.9 Å². The number of hydrogen-bond donors (Lipinski definition) is 1. The number of carbonyl (C=O) groups is 1. The van der Waals surface area contributed by atoms with Crippen LogP contribution in [0.1, 0.15) is 15.9 Å². The highest BCUT2D eigenvalue weighted by Crippen LogP contribution is 2.22. The summed E-state index contributed by atoms with van der Waals surface area (Å²) in [6, 6.07) is 9.55. The SMILES string of the molecule is COc1ccc(NC(=O)c2ccc(Br)c(C)c2)cc1F. The fraction of sp³-hybridized carbons (Fsp3) is 0.133. The summed E-state index contributed by atoms with van der Waals surface area (Å²) in [5.74, 6) is -0.662. The smallest absolute Gasteiger partial charge is 0.255 e. The van der Waals surface area contributed by atoms with Gasteiger partial charge in [0.05, 0.1) is 7.11 Å². The zero-order chi connectivity index (χ0) is 14.7. The van der Waals surface area contributed by atoms with Gasteiger partial charge in [0.1, 0.15) is 0 Å². The van der Waals surface area contributed by atoms with Crippen LogP contribution >= 0.6 is 15.9 Å². The number of amides is 1. The fourth-order valence-corrected chi connectivity index (χ4v) is 1.98. The van der Waals surface area contributed by atoms with Gasteiger partial charge in [0.25, 0.3) is 5.91 Å². The van der Waals surface area contributed by atoms with E-state index in [4.69, 9.17) is 4.74 Å². The molecular formula is C15H13BrFNO2. The average Bonchev–Trinajstić information content (AvgIpc) is 2.42. The third-order valence-corrected chi connectivity index (χ3v) is 3.72. The predicted molar refractivity (Wildman–Crippen MR) is 79.8 cm³/mol. The Morgan fingerprint density at radius 3 is 2.60 bits per heavy atom. The number of ether oxygens (including phenoxy) is 1. The van der Waals surface area contributed by atoms with Crippen LogP contribution in [0, 0.1) is 12.7 Å². The van der Waals surface area contributed by atoms with E-state index in [1.54, 1.807) is 24.3 Å². The van der Waals surface area contributed by atoms with Gasteiger partial charge in [0.2, 0.25) is 0 Å². The van der Waals surface area contributed by atoms with E-state index in [0.717, 1.165) is 10.0 Å². The molecule has 2 aromatic carbocycles. The highest BCUT2D eigenvalue weighted by Gasteiger charge is 2.09. The van der Waals surface area contributed by atoms with E-state index in [9.17, 15) is 9.18 Å². The van der Waals surface area contributed by atoms with Crippen molar-refractivity contribution in [3.8, 4) is 5.75 Å². The third-order valence-electron chi connectivity index (χ3n) is 2.83. The number of aryl methyl sites for hydroxylation is 1. The molecule has 0 saturated carbocycles. The summed E-state index contributed by atoms with van der Waals surface area (Å²) >= 11 is 3.38. The van der Waals surface area contributed by atoms with E-state index in [1.165, 1.54) is 19.2 Å². The summed E-state index contributed by atoms with van der Waals surface area (Å²) < 4.78 is 19.3. The molecule has 0 atom stereocenters. The minimum absolute atomic E-state index is 0.141. The van der Waals surface area contributed by atoms with Crippen LogP contribution in [0.2, 0.25) is 0 Å². The van der Waals surface area contributed by atoms with Crippen LogP contribution in [0.3, 0.4) is 0 Å². The first-order valence-corrected chi connectivity index (χ1v) is 6.71. The Balaban J connectivity index is 2.19. The van der Waals surface area contributed by atoms with Crippen molar-refractivity contribution < 1.29 is 13.9 Å². The molecule has 0 radical (unpaired) electrons. The molecule has 2 aromatic rings. The summed E-state index contributed by atoms with van der Waals surface area (Å²) in [4.78, 5) is 12.1. The van der Waals surface area contributed by atoms with Gasteiger partial charge in [-0.3, -0.25) is 4.79 Å². The quantitative estimate of drug-likeness (QED) is 0.913. The Hall–Kier alpha value is -1.88. The molecule has 3 nitrogen and oxygen atoms in total. The summed E-state index contributed by atoms with van der Waals surface area (Å²) in [7, 11) is 1.39. The molecule has 20 heavy (non-hydrogen) atoms. The second kappa shape index (κ2) is 6.05. The lowest BCUT2D eigenvalue weighted by atomic mass is 10.1. The molecule has 5 heteroatoms. The number of methoxy groups -OCH3 is 1. The monoisotopic (exact) mass is 337 g/mol. The van der Waals surface area contributed by atoms with E-state index >= 15 is 0 Å². The first kappa shape index (κ1) is 14.5. The number of benzene rings is 2. The lowest BCUT2D eigenvalue weighted by Crippen LogP contribution is -2.12. The minimum Gasteiger partial charge on any atom is -0.494 e. The lowest BCUT2D eigenvalue weighted by molar-refractivity contribution is 0.102. The van der Waals surface area contributed by atoms with Gasteiger partial charge in [-0.25, -0.2) is 4.39 Å². The number of anilines is 1. The van der Waals surface area contributed by atoms with Crippen LogP contribution in [-0.2, 0) is 0 Å². The number of halogens is 2. The van der Waals surface area contributed by atoms with E-state index in [1.807, 2.05) is 6.92 Å². The van der Waals surface area contributed by atoms with Gasteiger partial charge < -0.3 is 10.1 Å². The molecule has 0 heterocycles. The molecule has 0 fully saturated rings. The van der Waals surface area contributed by atoms with Crippen molar-refractivity contribution >= 4 is 27.5 Å². The number of rotatable bonds is 3. The van der Waals surface area contributed by atoms with Crippen molar-refractivity contribution in [2.24, 2.45) is 0 Å². The lowest BCUT2D eigenvalue weighted by Gasteiger charge is -2.08. The molecule has 0 aliphatic heterocycles. The van der Waals surface area contributed by atoms with Gasteiger partial charge in [0.15, 0.2) is 11.6 Å². The van der Waals surface area contributed by atoms with E-state index < -0.39 is 5.82 Å². The minimum atomic E-state index is -0.516. The molecule has 2 rings (SSSR count). The van der Waals surface area contributed by atoms with Crippen LogP contribution in [0.25, 0.3) is 0 Å². The van der Waals surface area contributed by atoms with Gasteiger partial charge in [-0.2, -0.15) is 0 Å². The number of carbonyl (C=O) groups excluding carboxylic acids is 1. The Labute approximate surface area is 124 Å². The second-order valence-corrected chi connectivity index (χ2v) is 5.12. The Bertz CT molecular complexity index is 658. The standard InChI is InChI=1S/C15H13BrFNO2/c1-9-7-10(3-5-12(9)16)15(19)18-11-4-6-14(20-2)13(17)8-11/h3-8H,1-2H3,(H,18,19). The molecule has 0 unspecified atom stereocenters. The van der Waals surface area contributed by atoms with Crippen LogP contribution < -0.4 is 10.1 Å². The molecule has 1 amide bonds. The van der Waals surface area contributed by atoms with Crippen molar-refractivity contribution in [1.29, 1.82) is 0 Å². The third kappa shape index (κ3) is 3.17. The van der Waals surface area contributed by atoms with Gasteiger partial charge in [0, 0.05) is 21.8 Å². The highest BCUT2D eigenvalue weighted by molar-refractivity contribution is 9.10. The Kier molecular flexibility index (Phi) is 4.39. The van der Waals surface area contributed by atoms with Crippen molar-refractivity contribution in [2.45, 2.75) is 6.92 Å². The van der Waals surface area contributed by atoms with Gasteiger partial charge >= 0.3 is 0 Å². The van der Waals surface area contributed by atoms with Gasteiger partial charge in [-0.1, -0.05) is 15.9 Å². The molecule has 1 N–H and O–H groups in total. The number of nitrogens with one attached hydrogen (secondary N) is 1. The molecule has 104 valence electrons. The topological polar surface area (TPSA) is 38.3 Å². The van der Waals surface area contributed by atoms with Crippen molar-refractivity contribution in [3.63, 3.8) is 0 Å². The van der Waals surface area contributed by atoms with Crippen LogP contribution in [-0.4, -0.2) is 13.0 Å². The molecule has 0 saturated heterocycles. The summed E-state index contributed by atoms with van der Waals surface area (Å²) in [6.45, 7) is 1.90. The maximum atomic E-state index is 13.5. The van der Waals surface area contributed by atoms with Crippen molar-refractivity contribution in [2.75, 3.05) is 12.4 Å². The summed E-state index contributed by atoms with van der Waals surface area (Å²) in [6.07, 6.45) is 0. The second-order valence-electron chi connectivity index (χ2n) is 4.27. The van der Waals surface area contributed by atoms with Crippen LogP contribution in [0.4, 0.5) is 10.1 Å². The van der Waals surface area contributed by atoms with E-state index in [2.05, 4.69) is 21.2 Å². The normalized spacial score (nSPS) is 10.2. The first-order chi connectivity index (χ1) is 9.51. The molecule has 0 aromatic heterocycles. The molecule has 0 aliphatic rings. The van der Waals surface area contributed by atoms with E-state index in [0.29, 0.717) is 11.3 Å². The Morgan fingerprint density at radius 1 is 1.25 bits per heavy atom.